The van der Waals surface area contributed by atoms with Gasteiger partial charge in [0.2, 0.25) is 5.91 Å². The first-order valence-electron chi connectivity index (χ1n) is 7.18. The highest BCUT2D eigenvalue weighted by Gasteiger charge is 2.19. The van der Waals surface area contributed by atoms with Crippen molar-refractivity contribution in [2.75, 3.05) is 5.32 Å². The summed E-state index contributed by atoms with van der Waals surface area (Å²) < 4.78 is 26.6. The molecule has 0 saturated heterocycles. The third-order valence-electron chi connectivity index (χ3n) is 3.71. The number of aryl methyl sites for hydroxylation is 1. The van der Waals surface area contributed by atoms with E-state index in [2.05, 4.69) is 10.6 Å². The summed E-state index contributed by atoms with van der Waals surface area (Å²) in [4.78, 5) is 23.5. The first-order chi connectivity index (χ1) is 11.0. The highest BCUT2D eigenvalue weighted by molar-refractivity contribution is 6.00. The maximum atomic E-state index is 13.5. The van der Waals surface area contributed by atoms with Crippen molar-refractivity contribution in [2.45, 2.75) is 19.4 Å². The lowest BCUT2D eigenvalue weighted by Crippen LogP contribution is -2.14. The van der Waals surface area contributed by atoms with Gasteiger partial charge in [0.25, 0.3) is 5.91 Å². The fraction of sp³-hybridized carbons (Fsp3) is 0.176. The number of amides is 2. The second-order valence-electron chi connectivity index (χ2n) is 5.34. The van der Waals surface area contributed by atoms with Crippen LogP contribution in [0.2, 0.25) is 0 Å². The maximum Gasteiger partial charge on any atom is 0.251 e. The molecule has 0 saturated carbocycles. The second kappa shape index (κ2) is 6.16. The number of hydrogen-bond acceptors (Lipinski definition) is 2. The van der Waals surface area contributed by atoms with Gasteiger partial charge in [0.05, 0.1) is 0 Å². The van der Waals surface area contributed by atoms with E-state index in [0.29, 0.717) is 17.8 Å². The van der Waals surface area contributed by atoms with Crippen molar-refractivity contribution < 1.29 is 18.4 Å². The molecular weight excluding hydrogens is 302 g/mol. The molecule has 0 bridgehead atoms. The highest BCUT2D eigenvalue weighted by Crippen LogP contribution is 2.20. The zero-order chi connectivity index (χ0) is 16.4. The number of fused-ring (bicyclic) bond motifs is 1. The van der Waals surface area contributed by atoms with E-state index < -0.39 is 11.6 Å². The minimum atomic E-state index is -0.536. The summed E-state index contributed by atoms with van der Waals surface area (Å²) >= 11 is 0. The van der Waals surface area contributed by atoms with Crippen LogP contribution in [0.4, 0.5) is 14.5 Å². The van der Waals surface area contributed by atoms with Gasteiger partial charge in [-0.1, -0.05) is 6.07 Å². The van der Waals surface area contributed by atoms with E-state index in [1.54, 1.807) is 18.2 Å². The van der Waals surface area contributed by atoms with Crippen LogP contribution in [0.5, 0.6) is 0 Å². The largest absolute Gasteiger partial charge is 0.348 e. The van der Waals surface area contributed by atoms with E-state index in [1.165, 1.54) is 0 Å². The Morgan fingerprint density at radius 1 is 1.17 bits per heavy atom. The van der Waals surface area contributed by atoms with Crippen LogP contribution >= 0.6 is 0 Å². The summed E-state index contributed by atoms with van der Waals surface area (Å²) in [6, 6.07) is 8.26. The molecule has 0 spiro atoms. The zero-order valence-electron chi connectivity index (χ0n) is 12.2. The van der Waals surface area contributed by atoms with Crippen LogP contribution in [-0.4, -0.2) is 11.8 Å². The smallest absolute Gasteiger partial charge is 0.251 e. The van der Waals surface area contributed by atoms with Gasteiger partial charge in [-0.25, -0.2) is 8.78 Å². The van der Waals surface area contributed by atoms with Gasteiger partial charge >= 0.3 is 0 Å². The van der Waals surface area contributed by atoms with E-state index >= 15 is 0 Å². The van der Waals surface area contributed by atoms with Crippen molar-refractivity contribution in [1.29, 1.82) is 0 Å². The molecule has 4 nitrogen and oxygen atoms in total. The van der Waals surface area contributed by atoms with E-state index in [4.69, 9.17) is 0 Å². The second-order valence-corrected chi connectivity index (χ2v) is 5.34. The number of carbonyl (C=O) groups excluding carboxylic acids is 2. The van der Waals surface area contributed by atoms with Crippen LogP contribution in [-0.2, 0) is 17.8 Å². The van der Waals surface area contributed by atoms with Crippen molar-refractivity contribution in [3.05, 3.63) is 64.7 Å². The maximum absolute atomic E-state index is 13.5. The number of halogens is 2. The molecule has 2 amide bonds. The third-order valence-corrected chi connectivity index (χ3v) is 3.71. The highest BCUT2D eigenvalue weighted by atomic mass is 19.1. The van der Waals surface area contributed by atoms with Crippen LogP contribution in [0.1, 0.15) is 27.9 Å². The van der Waals surface area contributed by atoms with Gasteiger partial charge < -0.3 is 10.6 Å². The number of benzene rings is 2. The number of rotatable bonds is 4. The van der Waals surface area contributed by atoms with Crippen LogP contribution in [0.15, 0.2) is 36.4 Å². The molecule has 2 aromatic rings. The van der Waals surface area contributed by atoms with Gasteiger partial charge in [-0.3, -0.25) is 9.59 Å². The van der Waals surface area contributed by atoms with E-state index in [9.17, 15) is 18.4 Å². The number of anilines is 1. The van der Waals surface area contributed by atoms with Gasteiger partial charge in [0.1, 0.15) is 11.6 Å². The Morgan fingerprint density at radius 3 is 2.83 bits per heavy atom. The average molecular weight is 316 g/mol. The van der Waals surface area contributed by atoms with Gasteiger partial charge in [0, 0.05) is 24.2 Å². The Bertz CT molecular complexity index is 790. The molecule has 0 fully saturated rings. The molecule has 0 atom stereocenters. The fourth-order valence-electron chi connectivity index (χ4n) is 2.50. The zero-order valence-corrected chi connectivity index (χ0v) is 12.2. The van der Waals surface area contributed by atoms with Crippen molar-refractivity contribution in [3.63, 3.8) is 0 Å². The number of carbonyl (C=O) groups is 2. The molecule has 2 aromatic carbocycles. The Kier molecular flexibility index (Phi) is 4.06. The van der Waals surface area contributed by atoms with Crippen LogP contribution < -0.4 is 10.6 Å². The summed E-state index contributed by atoms with van der Waals surface area (Å²) in [6.45, 7) is 0.487. The first-order valence-corrected chi connectivity index (χ1v) is 7.18. The lowest BCUT2D eigenvalue weighted by molar-refractivity contribution is -0.116. The van der Waals surface area contributed by atoms with Crippen LogP contribution in [0.25, 0.3) is 0 Å². The Morgan fingerprint density at radius 2 is 2.00 bits per heavy atom. The van der Waals surface area contributed by atoms with Crippen molar-refractivity contribution >= 4 is 17.5 Å². The number of nitrogens with one attached hydrogen (secondary N) is 2. The minimum absolute atomic E-state index is 0.0175. The van der Waals surface area contributed by atoms with E-state index in [-0.39, 0.29) is 30.2 Å². The van der Waals surface area contributed by atoms with Crippen molar-refractivity contribution in [1.82, 2.24) is 5.32 Å². The molecular formula is C17H14F2N2O2. The van der Waals surface area contributed by atoms with Gasteiger partial charge in [-0.2, -0.15) is 0 Å². The van der Waals surface area contributed by atoms with Crippen LogP contribution in [0.3, 0.4) is 0 Å². The SMILES string of the molecule is O=C(CCc1cc(F)ccc1F)Nc1ccc2c(c1)C(=O)NC2. The summed E-state index contributed by atoms with van der Waals surface area (Å²) in [7, 11) is 0. The minimum Gasteiger partial charge on any atom is -0.348 e. The van der Waals surface area contributed by atoms with E-state index in [1.807, 2.05) is 0 Å². The molecule has 6 heteroatoms. The summed E-state index contributed by atoms with van der Waals surface area (Å²) in [5.41, 5.74) is 2.09. The molecule has 2 N–H and O–H groups in total. The predicted octanol–water partition coefficient (Wildman–Crippen LogP) is 2.78. The van der Waals surface area contributed by atoms with E-state index in [0.717, 1.165) is 23.8 Å². The van der Waals surface area contributed by atoms with Gasteiger partial charge in [0.15, 0.2) is 0 Å². The predicted molar refractivity (Wildman–Crippen MR) is 80.9 cm³/mol. The molecule has 3 rings (SSSR count). The normalized spacial score (nSPS) is 12.7. The Labute approximate surface area is 131 Å². The van der Waals surface area contributed by atoms with Gasteiger partial charge in [-0.05, 0) is 47.9 Å². The summed E-state index contributed by atoms with van der Waals surface area (Å²) in [6.07, 6.45) is 0.116. The van der Waals surface area contributed by atoms with Crippen LogP contribution in [0, 0.1) is 11.6 Å². The molecule has 23 heavy (non-hydrogen) atoms. The third kappa shape index (κ3) is 3.36. The molecule has 0 unspecified atom stereocenters. The quantitative estimate of drug-likeness (QED) is 0.911. The van der Waals surface area contributed by atoms with Crippen molar-refractivity contribution in [3.8, 4) is 0 Å². The molecule has 1 heterocycles. The standard InChI is InChI=1S/C17H14F2N2O2/c18-12-3-5-15(19)10(7-12)2-6-16(22)21-13-4-1-11-9-20-17(23)14(11)8-13/h1,3-5,7-8H,2,6,9H2,(H,20,23)(H,21,22). The van der Waals surface area contributed by atoms with Gasteiger partial charge in [-0.15, -0.1) is 0 Å². The first kappa shape index (κ1) is 15.1. The molecule has 0 aliphatic carbocycles. The molecule has 118 valence electrons. The molecule has 0 aromatic heterocycles. The number of hydrogen-bond donors (Lipinski definition) is 2. The average Bonchev–Trinajstić information content (AvgIpc) is 2.89. The lowest BCUT2D eigenvalue weighted by Gasteiger charge is -2.07. The molecule has 0 radical (unpaired) electrons. The lowest BCUT2D eigenvalue weighted by atomic mass is 10.1. The molecule has 1 aliphatic rings. The monoisotopic (exact) mass is 316 g/mol. The summed E-state index contributed by atoms with van der Waals surface area (Å²) in [5.74, 6) is -1.57. The van der Waals surface area contributed by atoms with Crippen molar-refractivity contribution in [2.24, 2.45) is 0 Å². The Balaban J connectivity index is 1.63. The Hall–Kier alpha value is -2.76. The fourth-order valence-corrected chi connectivity index (χ4v) is 2.50. The topological polar surface area (TPSA) is 58.2 Å². The summed E-state index contributed by atoms with van der Waals surface area (Å²) in [5, 5.41) is 5.36. The molecule has 1 aliphatic heterocycles.